The molecular formula is C40H42BNRu-. The minimum atomic E-state index is -1.22. The van der Waals surface area contributed by atoms with Gasteiger partial charge in [0.05, 0.1) is 0 Å². The molecule has 0 spiro atoms. The standard InChI is InChI=1S/C24H20B.C10H15.C6H7N.Ru/c1-5-13-21(14-6-1)25(22-15-7-2-8-16-22,23-17-9-3-10-18-23)24-19-11-4-12-20-24;1-6-7(2)9(4)10(5)8(6)3;7-6-4-2-1-3-5-6;/h1-20H;1-5H3;1-5H,7H2;/q2*-1;;+1. The molecule has 0 aliphatic carbocycles. The van der Waals surface area contributed by atoms with Crippen LogP contribution in [-0.4, -0.2) is 6.15 Å². The van der Waals surface area contributed by atoms with Gasteiger partial charge in [-0.25, -0.2) is 0 Å². The number of anilines is 1. The molecule has 6 aromatic rings. The largest absolute Gasteiger partial charge is 1.00 e. The van der Waals surface area contributed by atoms with Crippen molar-refractivity contribution in [2.24, 2.45) is 0 Å². The van der Waals surface area contributed by atoms with Gasteiger partial charge in [0.15, 0.2) is 0 Å². The van der Waals surface area contributed by atoms with Crippen molar-refractivity contribution in [1.82, 2.24) is 0 Å². The van der Waals surface area contributed by atoms with Gasteiger partial charge in [-0.05, 0) is 12.1 Å². The fraction of sp³-hybridized carbons (Fsp3) is 0.125. The number of nitrogen functional groups attached to an aromatic ring is 1. The molecule has 0 fully saturated rings. The zero-order valence-corrected chi connectivity index (χ0v) is 27.7. The molecule has 0 aliphatic heterocycles. The Hall–Kier alpha value is -4.06. The molecule has 0 aliphatic rings. The third-order valence-electron chi connectivity index (χ3n) is 8.81. The SMILES string of the molecule is Cc1c(C)c(C)[c-](C)c1C.Nc1ccccc1.[Ru+].c1ccc([B-](c2ccccc2)(c2ccccc2)c2ccccc2)cc1. The van der Waals surface area contributed by atoms with Crippen LogP contribution in [-0.2, 0) is 19.5 Å². The molecular weight excluding hydrogens is 606 g/mol. The second kappa shape index (κ2) is 16.0. The Morgan fingerprint density at radius 1 is 0.419 bits per heavy atom. The van der Waals surface area contributed by atoms with Crippen molar-refractivity contribution in [1.29, 1.82) is 0 Å². The fourth-order valence-electron chi connectivity index (χ4n) is 5.98. The molecule has 0 bridgehead atoms. The van der Waals surface area contributed by atoms with Gasteiger partial charge in [-0.3, -0.25) is 0 Å². The molecule has 0 saturated carbocycles. The monoisotopic (exact) mass is 649 g/mol. The summed E-state index contributed by atoms with van der Waals surface area (Å²) in [6.45, 7) is 11.0. The van der Waals surface area contributed by atoms with E-state index in [9.17, 15) is 0 Å². The first-order chi connectivity index (χ1) is 20.4. The molecule has 0 amide bonds. The topological polar surface area (TPSA) is 26.0 Å². The van der Waals surface area contributed by atoms with Gasteiger partial charge in [-0.2, -0.15) is 49.7 Å². The third-order valence-corrected chi connectivity index (χ3v) is 8.81. The van der Waals surface area contributed by atoms with Gasteiger partial charge in [0.25, 0.3) is 0 Å². The minimum absolute atomic E-state index is 0. The molecule has 1 nitrogen and oxygen atoms in total. The predicted molar refractivity (Wildman–Crippen MR) is 187 cm³/mol. The Balaban J connectivity index is 0.000000231. The van der Waals surface area contributed by atoms with E-state index < -0.39 is 6.15 Å². The summed E-state index contributed by atoms with van der Waals surface area (Å²) in [5, 5.41) is 0. The van der Waals surface area contributed by atoms with Gasteiger partial charge in [0.1, 0.15) is 6.15 Å². The Labute approximate surface area is 271 Å². The van der Waals surface area contributed by atoms with Crippen LogP contribution in [0.1, 0.15) is 27.8 Å². The van der Waals surface area contributed by atoms with Gasteiger partial charge in [0.2, 0.25) is 0 Å². The van der Waals surface area contributed by atoms with E-state index in [0.717, 1.165) is 5.69 Å². The number of para-hydroxylation sites is 1. The summed E-state index contributed by atoms with van der Waals surface area (Å²) in [6, 6.07) is 53.0. The van der Waals surface area contributed by atoms with E-state index in [2.05, 4.69) is 156 Å². The van der Waals surface area contributed by atoms with Crippen molar-refractivity contribution in [2.45, 2.75) is 34.6 Å². The smallest absolute Gasteiger partial charge is 0.399 e. The van der Waals surface area contributed by atoms with Gasteiger partial charge >= 0.3 is 19.5 Å². The van der Waals surface area contributed by atoms with Crippen molar-refractivity contribution < 1.29 is 19.5 Å². The zero-order chi connectivity index (χ0) is 30.0. The molecule has 219 valence electrons. The first-order valence-electron chi connectivity index (χ1n) is 14.7. The van der Waals surface area contributed by atoms with Gasteiger partial charge in [0, 0.05) is 5.69 Å². The van der Waals surface area contributed by atoms with Crippen molar-refractivity contribution in [2.75, 3.05) is 5.73 Å². The number of hydrogen-bond donors (Lipinski definition) is 1. The number of benzene rings is 5. The summed E-state index contributed by atoms with van der Waals surface area (Å²) in [7, 11) is 0. The van der Waals surface area contributed by atoms with Crippen LogP contribution in [0.25, 0.3) is 0 Å². The average Bonchev–Trinajstić information content (AvgIpc) is 3.22. The molecule has 0 unspecified atom stereocenters. The Kier molecular flexibility index (Phi) is 12.4. The van der Waals surface area contributed by atoms with Gasteiger partial charge < -0.3 is 5.73 Å². The summed E-state index contributed by atoms with van der Waals surface area (Å²) in [5.41, 5.74) is 18.9. The summed E-state index contributed by atoms with van der Waals surface area (Å²) in [5.74, 6) is 0. The van der Waals surface area contributed by atoms with Crippen LogP contribution in [0.4, 0.5) is 5.69 Å². The second-order valence-electron chi connectivity index (χ2n) is 11.0. The van der Waals surface area contributed by atoms with Crippen molar-refractivity contribution in [3.8, 4) is 0 Å². The molecule has 43 heavy (non-hydrogen) atoms. The summed E-state index contributed by atoms with van der Waals surface area (Å²) in [4.78, 5) is 0. The maximum Gasteiger partial charge on any atom is 1.00 e. The molecule has 0 heterocycles. The summed E-state index contributed by atoms with van der Waals surface area (Å²) >= 11 is 0. The van der Waals surface area contributed by atoms with Crippen molar-refractivity contribution >= 4 is 33.7 Å². The predicted octanol–water partition coefficient (Wildman–Crippen LogP) is 7.28. The molecule has 1 radical (unpaired) electrons. The van der Waals surface area contributed by atoms with Crippen LogP contribution >= 0.6 is 0 Å². The first-order valence-corrected chi connectivity index (χ1v) is 14.7. The molecule has 0 atom stereocenters. The van der Waals surface area contributed by atoms with Crippen molar-refractivity contribution in [3.63, 3.8) is 0 Å². The van der Waals surface area contributed by atoms with E-state index in [0.29, 0.717) is 0 Å². The van der Waals surface area contributed by atoms with Crippen LogP contribution < -0.4 is 27.6 Å². The maximum absolute atomic E-state index is 5.36. The average molecular weight is 649 g/mol. The molecule has 3 heteroatoms. The van der Waals surface area contributed by atoms with E-state index in [4.69, 9.17) is 5.73 Å². The van der Waals surface area contributed by atoms with Crippen LogP contribution in [0.2, 0.25) is 0 Å². The third kappa shape index (κ3) is 7.67. The summed E-state index contributed by atoms with van der Waals surface area (Å²) in [6.07, 6.45) is -1.22. The van der Waals surface area contributed by atoms with E-state index in [1.54, 1.807) is 0 Å². The first kappa shape index (κ1) is 33.4. The van der Waals surface area contributed by atoms with E-state index in [1.165, 1.54) is 49.7 Å². The van der Waals surface area contributed by atoms with E-state index >= 15 is 0 Å². The fourth-order valence-corrected chi connectivity index (χ4v) is 5.98. The van der Waals surface area contributed by atoms with Crippen molar-refractivity contribution in [3.05, 3.63) is 179 Å². The van der Waals surface area contributed by atoms with Gasteiger partial charge in [-0.15, -0.1) is 0 Å². The van der Waals surface area contributed by atoms with Crippen LogP contribution in [0, 0.1) is 34.6 Å². The van der Waals surface area contributed by atoms with E-state index in [1.807, 2.05) is 30.3 Å². The number of rotatable bonds is 4. The Morgan fingerprint density at radius 2 is 0.651 bits per heavy atom. The Bertz CT molecular complexity index is 1400. The molecule has 0 aromatic heterocycles. The molecule has 0 saturated heterocycles. The number of hydrogen-bond acceptors (Lipinski definition) is 1. The van der Waals surface area contributed by atoms with Crippen LogP contribution in [0.5, 0.6) is 0 Å². The molecule has 6 rings (SSSR count). The normalized spacial score (nSPS) is 10.3. The van der Waals surface area contributed by atoms with E-state index in [-0.39, 0.29) is 19.5 Å². The maximum atomic E-state index is 5.36. The Morgan fingerprint density at radius 3 is 0.814 bits per heavy atom. The molecule has 2 N–H and O–H groups in total. The summed E-state index contributed by atoms with van der Waals surface area (Å²) < 4.78 is 0. The van der Waals surface area contributed by atoms with Crippen LogP contribution in [0.3, 0.4) is 0 Å². The number of nitrogens with two attached hydrogens (primary N) is 1. The second-order valence-corrected chi connectivity index (χ2v) is 11.0. The van der Waals surface area contributed by atoms with Crippen LogP contribution in [0.15, 0.2) is 152 Å². The zero-order valence-electron chi connectivity index (χ0n) is 25.9. The minimum Gasteiger partial charge on any atom is -0.399 e. The quantitative estimate of drug-likeness (QED) is 0.121. The molecule has 6 aromatic carbocycles. The van der Waals surface area contributed by atoms with Gasteiger partial charge in [-0.1, -0.05) is 174 Å².